The van der Waals surface area contributed by atoms with Crippen LogP contribution >= 0.6 is 0 Å². The number of halogens is 1. The van der Waals surface area contributed by atoms with E-state index >= 15 is 0 Å². The highest BCUT2D eigenvalue weighted by atomic mass is 32.2. The molecule has 0 radical (unpaired) electrons. The Balaban J connectivity index is 2.40. The van der Waals surface area contributed by atoms with Gasteiger partial charge in [0.15, 0.2) is 0 Å². The van der Waals surface area contributed by atoms with Gasteiger partial charge in [0.05, 0.1) is 10.6 Å². The second-order valence-electron chi connectivity index (χ2n) is 5.86. The minimum Gasteiger partial charge on any atom is -0.444 e. The van der Waals surface area contributed by atoms with E-state index in [4.69, 9.17) is 10.5 Å². The smallest absolute Gasteiger partial charge is 0.407 e. The lowest BCUT2D eigenvalue weighted by Crippen LogP contribution is -2.34. The molecule has 0 fully saturated rings. The summed E-state index contributed by atoms with van der Waals surface area (Å²) in [5, 5.41) is 2.51. The van der Waals surface area contributed by atoms with Crippen molar-refractivity contribution in [2.24, 2.45) is 0 Å². The number of alkyl carbamates (subject to hydrolysis) is 1. The molecular weight excluding hydrogens is 325 g/mol. The molecule has 0 atom stereocenters. The van der Waals surface area contributed by atoms with Crippen LogP contribution in [0, 0.1) is 5.82 Å². The summed E-state index contributed by atoms with van der Waals surface area (Å²) in [6, 6.07) is 3.27. The third kappa shape index (κ3) is 6.83. The summed E-state index contributed by atoms with van der Waals surface area (Å²) in [6.45, 7) is 5.56. The fraction of sp³-hybridized carbons (Fsp3) is 0.500. The standard InChI is InChI=1S/C14H22FN3O4S/c1-14(2,3)22-13(19)17-7-4-8-18-23(20,21)10-5-6-12(16)11(15)9-10/h5-6,9,18H,4,7-8,16H2,1-3H3,(H,17,19). The van der Waals surface area contributed by atoms with Crippen molar-refractivity contribution in [2.75, 3.05) is 18.8 Å². The number of amides is 1. The van der Waals surface area contributed by atoms with Crippen molar-refractivity contribution in [3.63, 3.8) is 0 Å². The van der Waals surface area contributed by atoms with Crippen molar-refractivity contribution >= 4 is 21.8 Å². The number of sulfonamides is 1. The van der Waals surface area contributed by atoms with Crippen LogP contribution in [0.5, 0.6) is 0 Å². The second kappa shape index (κ2) is 7.60. The highest BCUT2D eigenvalue weighted by Crippen LogP contribution is 2.15. The Morgan fingerprint density at radius 1 is 1.30 bits per heavy atom. The first kappa shape index (κ1) is 19.2. The average molecular weight is 347 g/mol. The molecule has 0 aromatic heterocycles. The number of nitrogens with one attached hydrogen (secondary N) is 2. The molecule has 0 aliphatic carbocycles. The molecule has 1 aromatic rings. The summed E-state index contributed by atoms with van der Waals surface area (Å²) < 4.78 is 44.6. The van der Waals surface area contributed by atoms with Crippen molar-refractivity contribution in [3.8, 4) is 0 Å². The molecular formula is C14H22FN3O4S. The number of anilines is 1. The van der Waals surface area contributed by atoms with Gasteiger partial charge in [-0.2, -0.15) is 0 Å². The Labute approximate surface area is 135 Å². The maximum atomic E-state index is 13.3. The molecule has 0 aliphatic rings. The van der Waals surface area contributed by atoms with Gasteiger partial charge in [-0.15, -0.1) is 0 Å². The van der Waals surface area contributed by atoms with Gasteiger partial charge in [-0.3, -0.25) is 0 Å². The predicted octanol–water partition coefficient (Wildman–Crippen LogP) is 1.60. The molecule has 23 heavy (non-hydrogen) atoms. The largest absolute Gasteiger partial charge is 0.444 e. The lowest BCUT2D eigenvalue weighted by molar-refractivity contribution is 0.0527. The first-order valence-electron chi connectivity index (χ1n) is 7.03. The van der Waals surface area contributed by atoms with Crippen LogP contribution in [0.2, 0.25) is 0 Å². The number of carbonyl (C=O) groups is 1. The normalized spacial score (nSPS) is 12.0. The van der Waals surface area contributed by atoms with E-state index in [1.807, 2.05) is 0 Å². The molecule has 1 amide bonds. The molecule has 130 valence electrons. The van der Waals surface area contributed by atoms with Gasteiger partial charge in [0.25, 0.3) is 0 Å². The van der Waals surface area contributed by atoms with E-state index in [1.165, 1.54) is 12.1 Å². The molecule has 0 saturated heterocycles. The van der Waals surface area contributed by atoms with Crippen LogP contribution in [0.3, 0.4) is 0 Å². The number of ether oxygens (including phenoxy) is 1. The summed E-state index contributed by atoms with van der Waals surface area (Å²) in [5.74, 6) is -0.792. The van der Waals surface area contributed by atoms with Crippen molar-refractivity contribution in [3.05, 3.63) is 24.0 Å². The van der Waals surface area contributed by atoms with Crippen LogP contribution in [0.15, 0.2) is 23.1 Å². The summed E-state index contributed by atoms with van der Waals surface area (Å²) in [5.41, 5.74) is 4.59. The predicted molar refractivity (Wildman–Crippen MR) is 84.9 cm³/mol. The minimum atomic E-state index is -3.82. The van der Waals surface area contributed by atoms with E-state index in [0.717, 1.165) is 6.07 Å². The van der Waals surface area contributed by atoms with Gasteiger partial charge in [0, 0.05) is 13.1 Å². The Bertz CT molecular complexity index is 656. The third-order valence-electron chi connectivity index (χ3n) is 2.60. The Hall–Kier alpha value is -1.87. The lowest BCUT2D eigenvalue weighted by Gasteiger charge is -2.19. The van der Waals surface area contributed by atoms with Crippen LogP contribution in [-0.2, 0) is 14.8 Å². The Kier molecular flexibility index (Phi) is 6.34. The summed E-state index contributed by atoms with van der Waals surface area (Å²) in [4.78, 5) is 11.2. The molecule has 0 saturated carbocycles. The molecule has 0 aliphatic heterocycles. The first-order chi connectivity index (χ1) is 10.5. The van der Waals surface area contributed by atoms with Gasteiger partial charge < -0.3 is 15.8 Å². The van der Waals surface area contributed by atoms with E-state index in [2.05, 4.69) is 10.0 Å². The zero-order valence-electron chi connectivity index (χ0n) is 13.3. The number of hydrogen-bond donors (Lipinski definition) is 3. The van der Waals surface area contributed by atoms with Gasteiger partial charge in [-0.05, 0) is 45.4 Å². The maximum Gasteiger partial charge on any atom is 0.407 e. The molecule has 4 N–H and O–H groups in total. The van der Waals surface area contributed by atoms with E-state index in [0.29, 0.717) is 6.42 Å². The first-order valence-corrected chi connectivity index (χ1v) is 8.51. The highest BCUT2D eigenvalue weighted by Gasteiger charge is 2.17. The quantitative estimate of drug-likeness (QED) is 0.535. The van der Waals surface area contributed by atoms with Crippen LogP contribution < -0.4 is 15.8 Å². The number of carbonyl (C=O) groups excluding carboxylic acids is 1. The topological polar surface area (TPSA) is 111 Å². The monoisotopic (exact) mass is 347 g/mol. The summed E-state index contributed by atoms with van der Waals surface area (Å²) in [7, 11) is -3.82. The highest BCUT2D eigenvalue weighted by molar-refractivity contribution is 7.89. The third-order valence-corrected chi connectivity index (χ3v) is 4.05. The number of rotatable bonds is 6. The van der Waals surface area contributed by atoms with Crippen LogP contribution in [0.25, 0.3) is 0 Å². The fourth-order valence-electron chi connectivity index (χ4n) is 1.56. The lowest BCUT2D eigenvalue weighted by atomic mass is 10.2. The van der Waals surface area contributed by atoms with Gasteiger partial charge in [0.2, 0.25) is 10.0 Å². The molecule has 1 aromatic carbocycles. The Morgan fingerprint density at radius 2 is 1.96 bits per heavy atom. The van der Waals surface area contributed by atoms with E-state index in [9.17, 15) is 17.6 Å². The number of benzene rings is 1. The van der Waals surface area contributed by atoms with Crippen molar-refractivity contribution in [1.29, 1.82) is 0 Å². The molecule has 9 heteroatoms. The number of nitrogens with two attached hydrogens (primary N) is 1. The van der Waals surface area contributed by atoms with Crippen molar-refractivity contribution in [1.82, 2.24) is 10.0 Å². The van der Waals surface area contributed by atoms with Gasteiger partial charge >= 0.3 is 6.09 Å². The Morgan fingerprint density at radius 3 is 2.52 bits per heavy atom. The zero-order valence-corrected chi connectivity index (χ0v) is 14.2. The number of hydrogen-bond acceptors (Lipinski definition) is 5. The maximum absolute atomic E-state index is 13.3. The fourth-order valence-corrected chi connectivity index (χ4v) is 2.64. The minimum absolute atomic E-state index is 0.0874. The van der Waals surface area contributed by atoms with E-state index in [1.54, 1.807) is 20.8 Å². The molecule has 0 heterocycles. The molecule has 1 rings (SSSR count). The average Bonchev–Trinajstić information content (AvgIpc) is 2.39. The van der Waals surface area contributed by atoms with Gasteiger partial charge in [-0.1, -0.05) is 0 Å². The second-order valence-corrected chi connectivity index (χ2v) is 7.63. The molecule has 0 unspecified atom stereocenters. The van der Waals surface area contributed by atoms with Crippen LogP contribution in [0.1, 0.15) is 27.2 Å². The molecule has 7 nitrogen and oxygen atoms in total. The van der Waals surface area contributed by atoms with Gasteiger partial charge in [0.1, 0.15) is 11.4 Å². The molecule has 0 bridgehead atoms. The van der Waals surface area contributed by atoms with Crippen LogP contribution in [-0.4, -0.2) is 33.2 Å². The van der Waals surface area contributed by atoms with E-state index in [-0.39, 0.29) is 23.7 Å². The zero-order chi connectivity index (χ0) is 17.7. The number of nitrogen functional groups attached to an aromatic ring is 1. The van der Waals surface area contributed by atoms with Crippen molar-refractivity contribution in [2.45, 2.75) is 37.7 Å². The van der Waals surface area contributed by atoms with Gasteiger partial charge in [-0.25, -0.2) is 22.3 Å². The summed E-state index contributed by atoms with van der Waals surface area (Å²) >= 11 is 0. The molecule has 0 spiro atoms. The van der Waals surface area contributed by atoms with Crippen molar-refractivity contribution < 1.29 is 22.3 Å². The van der Waals surface area contributed by atoms with Crippen LogP contribution in [0.4, 0.5) is 14.9 Å². The SMILES string of the molecule is CC(C)(C)OC(=O)NCCCNS(=O)(=O)c1ccc(N)c(F)c1. The van der Waals surface area contributed by atoms with E-state index < -0.39 is 27.5 Å². The summed E-state index contributed by atoms with van der Waals surface area (Å²) in [6.07, 6.45) is -0.211.